The van der Waals surface area contributed by atoms with Gasteiger partial charge in [-0.05, 0) is 31.4 Å². The van der Waals surface area contributed by atoms with Crippen molar-refractivity contribution >= 4 is 23.6 Å². The van der Waals surface area contributed by atoms with Gasteiger partial charge in [0.05, 0.1) is 0 Å². The second-order valence-corrected chi connectivity index (χ2v) is 8.49. The molecule has 1 atom stereocenters. The molecule has 0 saturated carbocycles. The second kappa shape index (κ2) is 12.3. The average Bonchev–Trinajstić information content (AvgIpc) is 2.72. The Morgan fingerprint density at radius 3 is 2.10 bits per heavy atom. The van der Waals surface area contributed by atoms with Crippen molar-refractivity contribution in [1.29, 1.82) is 0 Å². The van der Waals surface area contributed by atoms with Crippen LogP contribution in [0.1, 0.15) is 44.7 Å². The number of benzene rings is 2. The van der Waals surface area contributed by atoms with Crippen molar-refractivity contribution in [2.45, 2.75) is 58.0 Å². The Morgan fingerprint density at radius 1 is 0.966 bits per heavy atom. The highest BCUT2D eigenvalue weighted by Crippen LogP contribution is 2.17. The molecule has 2 aromatic carbocycles. The molecule has 0 bridgehead atoms. The Balaban J connectivity index is 2.02. The van der Waals surface area contributed by atoms with Gasteiger partial charge in [-0.3, -0.25) is 9.59 Å². The maximum atomic E-state index is 13.1. The highest BCUT2D eigenvalue weighted by molar-refractivity contribution is 7.98. The topological polar surface area (TPSA) is 49.4 Å². The Bertz CT molecular complexity index is 750. The first-order valence-electron chi connectivity index (χ1n) is 10.3. The lowest BCUT2D eigenvalue weighted by Gasteiger charge is -2.31. The number of carbonyl (C=O) groups excluding carboxylic acids is 2. The smallest absolute Gasteiger partial charge is 0.243 e. The molecule has 4 nitrogen and oxygen atoms in total. The molecular formula is C24H32N2O2S. The van der Waals surface area contributed by atoms with E-state index in [1.807, 2.05) is 69.3 Å². The van der Waals surface area contributed by atoms with Crippen LogP contribution in [-0.2, 0) is 21.9 Å². The minimum Gasteiger partial charge on any atom is -0.352 e. The lowest BCUT2D eigenvalue weighted by atomic mass is 10.1. The molecule has 0 radical (unpaired) electrons. The molecule has 0 spiro atoms. The van der Waals surface area contributed by atoms with E-state index in [0.717, 1.165) is 17.1 Å². The molecule has 29 heavy (non-hydrogen) atoms. The number of amides is 2. The number of thioether (sulfide) groups is 1. The number of hydrogen-bond acceptors (Lipinski definition) is 3. The number of nitrogens with one attached hydrogen (secondary N) is 1. The maximum Gasteiger partial charge on any atom is 0.243 e. The van der Waals surface area contributed by atoms with Crippen LogP contribution in [0, 0.1) is 0 Å². The third-order valence-corrected chi connectivity index (χ3v) is 5.61. The van der Waals surface area contributed by atoms with Crippen LogP contribution in [0.5, 0.6) is 0 Å². The van der Waals surface area contributed by atoms with Gasteiger partial charge in [0, 0.05) is 30.5 Å². The first-order valence-corrected chi connectivity index (χ1v) is 11.4. The van der Waals surface area contributed by atoms with Crippen LogP contribution in [-0.4, -0.2) is 34.6 Å². The van der Waals surface area contributed by atoms with E-state index in [1.165, 1.54) is 5.56 Å². The minimum atomic E-state index is -0.454. The Morgan fingerprint density at radius 2 is 1.55 bits per heavy atom. The molecule has 0 aliphatic heterocycles. The standard InChI is InChI=1S/C24H32N2O2S/c1-4-22(24(28)25-19(2)3)26(17-20-11-7-5-8-12-20)23(27)15-16-29-18-21-13-9-6-10-14-21/h5-14,19,22H,4,15-18H2,1-3H3,(H,25,28)/t22-/m1/s1. The predicted molar refractivity (Wildman–Crippen MR) is 122 cm³/mol. The van der Waals surface area contributed by atoms with Crippen molar-refractivity contribution < 1.29 is 9.59 Å². The van der Waals surface area contributed by atoms with Gasteiger partial charge in [0.2, 0.25) is 11.8 Å². The molecule has 2 aromatic rings. The molecule has 0 heterocycles. The fraction of sp³-hybridized carbons (Fsp3) is 0.417. The molecule has 1 N–H and O–H groups in total. The third kappa shape index (κ3) is 7.94. The SMILES string of the molecule is CC[C@H](C(=O)NC(C)C)N(Cc1ccccc1)C(=O)CCSCc1ccccc1. The quantitative estimate of drug-likeness (QED) is 0.547. The van der Waals surface area contributed by atoms with E-state index >= 15 is 0 Å². The van der Waals surface area contributed by atoms with Crippen LogP contribution in [0.3, 0.4) is 0 Å². The fourth-order valence-electron chi connectivity index (χ4n) is 3.15. The molecule has 0 fully saturated rings. The number of carbonyl (C=O) groups is 2. The van der Waals surface area contributed by atoms with E-state index in [4.69, 9.17) is 0 Å². The van der Waals surface area contributed by atoms with Gasteiger partial charge >= 0.3 is 0 Å². The van der Waals surface area contributed by atoms with Gasteiger partial charge in [0.1, 0.15) is 6.04 Å². The molecular weight excluding hydrogens is 380 g/mol. The van der Waals surface area contributed by atoms with Gasteiger partial charge in [-0.25, -0.2) is 0 Å². The molecule has 0 aliphatic rings. The first kappa shape index (κ1) is 23.0. The van der Waals surface area contributed by atoms with Gasteiger partial charge in [-0.15, -0.1) is 0 Å². The zero-order valence-electron chi connectivity index (χ0n) is 17.6. The zero-order chi connectivity index (χ0) is 21.1. The van der Waals surface area contributed by atoms with E-state index in [-0.39, 0.29) is 17.9 Å². The summed E-state index contributed by atoms with van der Waals surface area (Å²) >= 11 is 1.75. The normalized spacial score (nSPS) is 11.9. The van der Waals surface area contributed by atoms with Gasteiger partial charge in [-0.2, -0.15) is 11.8 Å². The van der Waals surface area contributed by atoms with Gasteiger partial charge in [-0.1, -0.05) is 67.6 Å². The van der Waals surface area contributed by atoms with Crippen molar-refractivity contribution in [3.8, 4) is 0 Å². The van der Waals surface area contributed by atoms with Crippen LogP contribution in [0.4, 0.5) is 0 Å². The monoisotopic (exact) mass is 412 g/mol. The molecule has 0 saturated heterocycles. The van der Waals surface area contributed by atoms with Gasteiger partial charge < -0.3 is 10.2 Å². The number of hydrogen-bond donors (Lipinski definition) is 1. The molecule has 0 unspecified atom stereocenters. The summed E-state index contributed by atoms with van der Waals surface area (Å²) in [6.45, 7) is 6.29. The second-order valence-electron chi connectivity index (χ2n) is 7.38. The largest absolute Gasteiger partial charge is 0.352 e. The van der Waals surface area contributed by atoms with E-state index in [9.17, 15) is 9.59 Å². The summed E-state index contributed by atoms with van der Waals surface area (Å²) in [6.07, 6.45) is 1.02. The summed E-state index contributed by atoms with van der Waals surface area (Å²) in [4.78, 5) is 27.6. The van der Waals surface area contributed by atoms with Crippen LogP contribution in [0.25, 0.3) is 0 Å². The van der Waals surface area contributed by atoms with Crippen molar-refractivity contribution in [3.63, 3.8) is 0 Å². The highest BCUT2D eigenvalue weighted by atomic mass is 32.2. The van der Waals surface area contributed by atoms with Crippen LogP contribution in [0.2, 0.25) is 0 Å². The Labute approximate surface area is 179 Å². The number of nitrogens with zero attached hydrogens (tertiary/aromatic N) is 1. The van der Waals surface area contributed by atoms with Gasteiger partial charge in [0.15, 0.2) is 0 Å². The van der Waals surface area contributed by atoms with Crippen LogP contribution >= 0.6 is 11.8 Å². The molecule has 5 heteroatoms. The van der Waals surface area contributed by atoms with E-state index in [2.05, 4.69) is 17.4 Å². The van der Waals surface area contributed by atoms with E-state index in [1.54, 1.807) is 16.7 Å². The summed E-state index contributed by atoms with van der Waals surface area (Å²) in [6, 6.07) is 19.7. The number of rotatable bonds is 11. The maximum absolute atomic E-state index is 13.1. The summed E-state index contributed by atoms with van der Waals surface area (Å²) in [5.41, 5.74) is 2.29. The molecule has 0 aliphatic carbocycles. The molecule has 2 rings (SSSR count). The fourth-order valence-corrected chi connectivity index (χ4v) is 4.04. The molecule has 0 aromatic heterocycles. The highest BCUT2D eigenvalue weighted by Gasteiger charge is 2.28. The van der Waals surface area contributed by atoms with E-state index < -0.39 is 6.04 Å². The zero-order valence-corrected chi connectivity index (χ0v) is 18.5. The summed E-state index contributed by atoms with van der Waals surface area (Å²) < 4.78 is 0. The van der Waals surface area contributed by atoms with Crippen molar-refractivity contribution in [3.05, 3.63) is 71.8 Å². The third-order valence-electron chi connectivity index (χ3n) is 4.58. The van der Waals surface area contributed by atoms with Crippen LogP contribution in [0.15, 0.2) is 60.7 Å². The minimum absolute atomic E-state index is 0.0279. The van der Waals surface area contributed by atoms with Crippen molar-refractivity contribution in [1.82, 2.24) is 10.2 Å². The Kier molecular flexibility index (Phi) is 9.78. The summed E-state index contributed by atoms with van der Waals surface area (Å²) in [5, 5.41) is 2.97. The van der Waals surface area contributed by atoms with Gasteiger partial charge in [0.25, 0.3) is 0 Å². The molecule has 156 valence electrons. The summed E-state index contributed by atoms with van der Waals surface area (Å²) in [7, 11) is 0. The predicted octanol–water partition coefficient (Wildman–Crippen LogP) is 4.64. The van der Waals surface area contributed by atoms with Crippen molar-refractivity contribution in [2.75, 3.05) is 5.75 Å². The molecule has 2 amide bonds. The van der Waals surface area contributed by atoms with Crippen LogP contribution < -0.4 is 5.32 Å². The average molecular weight is 413 g/mol. The summed E-state index contributed by atoms with van der Waals surface area (Å²) in [5.74, 6) is 1.57. The lowest BCUT2D eigenvalue weighted by Crippen LogP contribution is -2.50. The first-order chi connectivity index (χ1) is 14.0. The lowest BCUT2D eigenvalue weighted by molar-refractivity contribution is -0.141. The van der Waals surface area contributed by atoms with Crippen molar-refractivity contribution in [2.24, 2.45) is 0 Å². The van der Waals surface area contributed by atoms with E-state index in [0.29, 0.717) is 19.4 Å². The Hall–Kier alpha value is -2.27.